The third-order valence-corrected chi connectivity index (χ3v) is 3.48. The standard InChI is InChI=1S/C14H19NO2/c1-14(2)9-8-12(16)10-15(14)13(17)11-6-4-3-5-7-11/h3-7,12,16H,8-10H2,1-2H3. The van der Waals surface area contributed by atoms with Crippen LogP contribution in [0.1, 0.15) is 37.0 Å². The molecule has 1 aliphatic heterocycles. The van der Waals surface area contributed by atoms with Crippen molar-refractivity contribution in [1.82, 2.24) is 4.90 Å². The second-order valence-electron chi connectivity index (χ2n) is 5.29. The van der Waals surface area contributed by atoms with Crippen molar-refractivity contribution in [2.45, 2.75) is 38.3 Å². The number of hydrogen-bond donors (Lipinski definition) is 1. The highest BCUT2D eigenvalue weighted by atomic mass is 16.3. The molecule has 1 atom stereocenters. The lowest BCUT2D eigenvalue weighted by molar-refractivity contribution is 0.00154. The van der Waals surface area contributed by atoms with E-state index >= 15 is 0 Å². The summed E-state index contributed by atoms with van der Waals surface area (Å²) in [6.45, 7) is 4.54. The third-order valence-electron chi connectivity index (χ3n) is 3.48. The van der Waals surface area contributed by atoms with Gasteiger partial charge in [-0.2, -0.15) is 0 Å². The Bertz CT molecular complexity index is 400. The summed E-state index contributed by atoms with van der Waals surface area (Å²) >= 11 is 0. The lowest BCUT2D eigenvalue weighted by Crippen LogP contribution is -2.54. The molecule has 1 N–H and O–H groups in total. The van der Waals surface area contributed by atoms with Crippen molar-refractivity contribution in [3.05, 3.63) is 35.9 Å². The van der Waals surface area contributed by atoms with Crippen molar-refractivity contribution in [2.75, 3.05) is 6.54 Å². The van der Waals surface area contributed by atoms with Gasteiger partial charge in [-0.1, -0.05) is 18.2 Å². The molecule has 0 radical (unpaired) electrons. The van der Waals surface area contributed by atoms with E-state index in [1.165, 1.54) is 0 Å². The van der Waals surface area contributed by atoms with Crippen LogP contribution in [0, 0.1) is 0 Å². The molecule has 0 spiro atoms. The smallest absolute Gasteiger partial charge is 0.254 e. The first-order valence-electron chi connectivity index (χ1n) is 6.06. The van der Waals surface area contributed by atoms with E-state index in [1.807, 2.05) is 30.3 Å². The molecule has 3 heteroatoms. The number of likely N-dealkylation sites (tertiary alicyclic amines) is 1. The minimum Gasteiger partial charge on any atom is -0.391 e. The van der Waals surface area contributed by atoms with Gasteiger partial charge in [-0.05, 0) is 38.8 Å². The molecular weight excluding hydrogens is 214 g/mol. The highest BCUT2D eigenvalue weighted by molar-refractivity contribution is 5.94. The number of benzene rings is 1. The molecular formula is C14H19NO2. The van der Waals surface area contributed by atoms with Gasteiger partial charge in [-0.25, -0.2) is 0 Å². The van der Waals surface area contributed by atoms with Crippen LogP contribution in [-0.4, -0.2) is 34.1 Å². The maximum Gasteiger partial charge on any atom is 0.254 e. The van der Waals surface area contributed by atoms with Crippen LogP contribution >= 0.6 is 0 Å². The lowest BCUT2D eigenvalue weighted by Gasteiger charge is -2.44. The van der Waals surface area contributed by atoms with Gasteiger partial charge in [0.2, 0.25) is 0 Å². The Balaban J connectivity index is 2.23. The van der Waals surface area contributed by atoms with Crippen molar-refractivity contribution < 1.29 is 9.90 Å². The van der Waals surface area contributed by atoms with E-state index < -0.39 is 6.10 Å². The number of carbonyl (C=O) groups excluding carboxylic acids is 1. The van der Waals surface area contributed by atoms with Gasteiger partial charge in [0.1, 0.15) is 0 Å². The number of hydrogen-bond acceptors (Lipinski definition) is 2. The van der Waals surface area contributed by atoms with Crippen LogP contribution in [0.3, 0.4) is 0 Å². The van der Waals surface area contributed by atoms with Gasteiger partial charge in [0.15, 0.2) is 0 Å². The summed E-state index contributed by atoms with van der Waals surface area (Å²) in [5.41, 5.74) is 0.515. The molecule has 1 unspecified atom stereocenters. The van der Waals surface area contributed by atoms with E-state index in [0.29, 0.717) is 12.1 Å². The number of β-amino-alcohol motifs (C(OH)–C–C–N with tert-alkyl or cyclic N) is 1. The molecule has 1 heterocycles. The Morgan fingerprint density at radius 3 is 2.65 bits per heavy atom. The molecule has 0 saturated carbocycles. The molecule has 1 aromatic carbocycles. The first-order valence-corrected chi connectivity index (χ1v) is 6.06. The zero-order valence-corrected chi connectivity index (χ0v) is 10.4. The minimum absolute atomic E-state index is 0.00866. The van der Waals surface area contributed by atoms with Crippen molar-refractivity contribution in [1.29, 1.82) is 0 Å². The number of piperidine rings is 1. The third kappa shape index (κ3) is 2.50. The average molecular weight is 233 g/mol. The Labute approximate surface area is 102 Å². The number of nitrogens with zero attached hydrogens (tertiary/aromatic N) is 1. The summed E-state index contributed by atoms with van der Waals surface area (Å²) in [4.78, 5) is 14.2. The predicted molar refractivity (Wildman–Crippen MR) is 66.8 cm³/mol. The monoisotopic (exact) mass is 233 g/mol. The van der Waals surface area contributed by atoms with E-state index in [9.17, 15) is 9.90 Å². The Kier molecular flexibility index (Phi) is 3.20. The lowest BCUT2D eigenvalue weighted by atomic mass is 9.88. The maximum atomic E-state index is 12.4. The first kappa shape index (κ1) is 12.1. The second kappa shape index (κ2) is 4.49. The van der Waals surface area contributed by atoms with Crippen molar-refractivity contribution in [2.24, 2.45) is 0 Å². The van der Waals surface area contributed by atoms with E-state index in [2.05, 4.69) is 13.8 Å². The zero-order valence-electron chi connectivity index (χ0n) is 10.4. The van der Waals surface area contributed by atoms with Gasteiger partial charge in [0.25, 0.3) is 5.91 Å². The van der Waals surface area contributed by atoms with E-state index in [4.69, 9.17) is 0 Å². The van der Waals surface area contributed by atoms with Gasteiger partial charge in [-0.15, -0.1) is 0 Å². The van der Waals surface area contributed by atoms with Gasteiger partial charge in [0, 0.05) is 17.6 Å². The fourth-order valence-corrected chi connectivity index (χ4v) is 2.30. The van der Waals surface area contributed by atoms with E-state index in [-0.39, 0.29) is 11.4 Å². The second-order valence-corrected chi connectivity index (χ2v) is 5.29. The highest BCUT2D eigenvalue weighted by Crippen LogP contribution is 2.28. The molecule has 0 bridgehead atoms. The van der Waals surface area contributed by atoms with Crippen LogP contribution in [0.15, 0.2) is 30.3 Å². The number of aliphatic hydroxyl groups excluding tert-OH is 1. The summed E-state index contributed by atoms with van der Waals surface area (Å²) in [5, 5.41) is 9.71. The predicted octanol–water partition coefficient (Wildman–Crippen LogP) is 2.06. The molecule has 1 aliphatic rings. The summed E-state index contributed by atoms with van der Waals surface area (Å²) in [5.74, 6) is 0.00866. The summed E-state index contributed by atoms with van der Waals surface area (Å²) in [7, 11) is 0. The highest BCUT2D eigenvalue weighted by Gasteiger charge is 2.36. The van der Waals surface area contributed by atoms with Crippen LogP contribution in [0.25, 0.3) is 0 Å². The number of amides is 1. The van der Waals surface area contributed by atoms with Gasteiger partial charge in [-0.3, -0.25) is 4.79 Å². The van der Waals surface area contributed by atoms with Crippen LogP contribution in [0.2, 0.25) is 0 Å². The van der Waals surface area contributed by atoms with Gasteiger partial charge < -0.3 is 10.0 Å². The quantitative estimate of drug-likeness (QED) is 0.806. The Morgan fingerprint density at radius 1 is 1.35 bits per heavy atom. The largest absolute Gasteiger partial charge is 0.391 e. The molecule has 1 fully saturated rings. The Morgan fingerprint density at radius 2 is 2.00 bits per heavy atom. The molecule has 2 rings (SSSR count). The number of aliphatic hydroxyl groups is 1. The molecule has 0 aliphatic carbocycles. The Hall–Kier alpha value is -1.35. The summed E-state index contributed by atoms with van der Waals surface area (Å²) in [6.07, 6.45) is 1.22. The van der Waals surface area contributed by atoms with Crippen LogP contribution in [0.5, 0.6) is 0 Å². The van der Waals surface area contributed by atoms with Crippen LogP contribution in [0.4, 0.5) is 0 Å². The van der Waals surface area contributed by atoms with E-state index in [1.54, 1.807) is 4.90 Å². The van der Waals surface area contributed by atoms with E-state index in [0.717, 1.165) is 12.8 Å². The first-order chi connectivity index (χ1) is 8.00. The molecule has 1 saturated heterocycles. The summed E-state index contributed by atoms with van der Waals surface area (Å²) in [6, 6.07) is 9.26. The minimum atomic E-state index is -0.393. The van der Waals surface area contributed by atoms with Gasteiger partial charge in [0.05, 0.1) is 6.10 Å². The fraction of sp³-hybridized carbons (Fsp3) is 0.500. The molecule has 0 aromatic heterocycles. The van der Waals surface area contributed by atoms with Crippen molar-refractivity contribution in [3.8, 4) is 0 Å². The maximum absolute atomic E-state index is 12.4. The average Bonchev–Trinajstić information content (AvgIpc) is 2.33. The fourth-order valence-electron chi connectivity index (χ4n) is 2.30. The number of carbonyl (C=O) groups is 1. The SMILES string of the molecule is CC1(C)CCC(O)CN1C(=O)c1ccccc1. The molecule has 17 heavy (non-hydrogen) atoms. The van der Waals surface area contributed by atoms with Crippen LogP contribution in [-0.2, 0) is 0 Å². The van der Waals surface area contributed by atoms with Crippen molar-refractivity contribution >= 4 is 5.91 Å². The number of rotatable bonds is 1. The summed E-state index contributed by atoms with van der Waals surface area (Å²) < 4.78 is 0. The normalized spacial score (nSPS) is 23.5. The zero-order chi connectivity index (χ0) is 12.5. The van der Waals surface area contributed by atoms with Crippen LogP contribution < -0.4 is 0 Å². The topological polar surface area (TPSA) is 40.5 Å². The molecule has 3 nitrogen and oxygen atoms in total. The van der Waals surface area contributed by atoms with Crippen molar-refractivity contribution in [3.63, 3.8) is 0 Å². The molecule has 1 amide bonds. The molecule has 1 aromatic rings. The van der Waals surface area contributed by atoms with Gasteiger partial charge >= 0.3 is 0 Å². The molecule has 92 valence electrons.